The Labute approximate surface area is 239 Å². The number of rotatable bonds is 7. The molecule has 0 radical (unpaired) electrons. The minimum Gasteiger partial charge on any atom is -0.494 e. The van der Waals surface area contributed by atoms with Crippen LogP contribution in [0.25, 0.3) is 28.4 Å². The van der Waals surface area contributed by atoms with Crippen molar-refractivity contribution in [1.29, 1.82) is 0 Å². The lowest BCUT2D eigenvalue weighted by atomic mass is 9.57. The lowest BCUT2D eigenvalue weighted by molar-refractivity contribution is 0.0480. The predicted molar refractivity (Wildman–Crippen MR) is 151 cm³/mol. The molecule has 3 aliphatic rings. The van der Waals surface area contributed by atoms with Crippen LogP contribution in [-0.4, -0.2) is 51.4 Å². The van der Waals surface area contributed by atoms with E-state index in [1.54, 1.807) is 18.5 Å². The highest BCUT2D eigenvalue weighted by Crippen LogP contribution is 2.54. The molecule has 2 aliphatic carbocycles. The fraction of sp³-hybridized carbons (Fsp3) is 0.345. The number of nitrogens with zero attached hydrogens (tertiary/aromatic N) is 5. The van der Waals surface area contributed by atoms with E-state index >= 15 is 0 Å². The quantitative estimate of drug-likeness (QED) is 0.262. The van der Waals surface area contributed by atoms with E-state index < -0.39 is 5.97 Å². The summed E-state index contributed by atoms with van der Waals surface area (Å²) in [5, 5.41) is 14.6. The standard InChI is InChI=1S/C29H25Cl2N5O4/c1-39-22-8-21(28(37)38)33-20-6-7-23(34-26(20)22)36-13-29(14-36)9-15(10-29)2-5-17-25(35-40-27(17)16-3-4-16)24-18(30)11-32-12-19(24)31/h2,5-8,11-12,15-16H,3-4,9-10,13-14H2,1H3,(H,37,38). The van der Waals surface area contributed by atoms with Crippen LogP contribution in [-0.2, 0) is 0 Å². The first kappa shape index (κ1) is 25.3. The maximum atomic E-state index is 11.4. The Morgan fingerprint density at radius 3 is 2.60 bits per heavy atom. The summed E-state index contributed by atoms with van der Waals surface area (Å²) in [4.78, 5) is 26.6. The molecule has 0 bridgehead atoms. The lowest BCUT2D eigenvalue weighted by Crippen LogP contribution is -2.62. The second-order valence-electron chi connectivity index (χ2n) is 11.0. The monoisotopic (exact) mass is 577 g/mol. The molecule has 9 nitrogen and oxygen atoms in total. The number of methoxy groups -OCH3 is 1. The third kappa shape index (κ3) is 4.28. The highest BCUT2D eigenvalue weighted by atomic mass is 35.5. The molecule has 7 rings (SSSR count). The molecule has 204 valence electrons. The Morgan fingerprint density at radius 2 is 1.93 bits per heavy atom. The SMILES string of the molecule is COc1cc(C(=O)O)nc2ccc(N3CC4(CC(C=Cc5c(-c6c(Cl)cncc6Cl)noc5C5CC5)C4)C3)nc12. The number of ether oxygens (including phenoxy) is 1. The van der Waals surface area contributed by atoms with E-state index in [0.717, 1.165) is 55.9 Å². The van der Waals surface area contributed by atoms with Crippen molar-refractivity contribution < 1.29 is 19.2 Å². The smallest absolute Gasteiger partial charge is 0.354 e. The molecule has 0 unspecified atom stereocenters. The minimum absolute atomic E-state index is 0.0649. The van der Waals surface area contributed by atoms with Crippen LogP contribution in [0.15, 0.2) is 41.2 Å². The fourth-order valence-electron chi connectivity index (χ4n) is 6.04. The first-order valence-electron chi connectivity index (χ1n) is 13.2. The molecule has 1 saturated heterocycles. The highest BCUT2D eigenvalue weighted by Gasteiger charge is 2.52. The van der Waals surface area contributed by atoms with Gasteiger partial charge >= 0.3 is 5.97 Å². The van der Waals surface area contributed by atoms with Crippen LogP contribution in [0.4, 0.5) is 5.82 Å². The number of hydrogen-bond donors (Lipinski definition) is 1. The van der Waals surface area contributed by atoms with Gasteiger partial charge < -0.3 is 19.3 Å². The lowest BCUT2D eigenvalue weighted by Gasteiger charge is -2.59. The van der Waals surface area contributed by atoms with Gasteiger partial charge in [0.2, 0.25) is 0 Å². The number of allylic oxidation sites excluding steroid dienone is 1. The number of carboxylic acids is 1. The summed E-state index contributed by atoms with van der Waals surface area (Å²) in [6.45, 7) is 1.85. The van der Waals surface area contributed by atoms with Crippen LogP contribution >= 0.6 is 23.2 Å². The van der Waals surface area contributed by atoms with Gasteiger partial charge in [-0.1, -0.05) is 40.5 Å². The molecule has 40 heavy (non-hydrogen) atoms. The number of pyridine rings is 3. The molecule has 1 N–H and O–H groups in total. The van der Waals surface area contributed by atoms with Gasteiger partial charge in [-0.05, 0) is 43.7 Å². The molecule has 1 aliphatic heterocycles. The summed E-state index contributed by atoms with van der Waals surface area (Å²) < 4.78 is 11.2. The van der Waals surface area contributed by atoms with Crippen LogP contribution in [0, 0.1) is 11.3 Å². The number of carbonyl (C=O) groups is 1. The maximum absolute atomic E-state index is 11.4. The normalized spacial score (nSPS) is 18.3. The fourth-order valence-corrected chi connectivity index (χ4v) is 6.59. The average Bonchev–Trinajstić information content (AvgIpc) is 3.66. The van der Waals surface area contributed by atoms with E-state index in [4.69, 9.17) is 37.4 Å². The van der Waals surface area contributed by atoms with Gasteiger partial charge in [0, 0.05) is 54.0 Å². The van der Waals surface area contributed by atoms with E-state index in [-0.39, 0.29) is 11.1 Å². The van der Waals surface area contributed by atoms with Crippen molar-refractivity contribution in [2.45, 2.75) is 31.6 Å². The Hall–Kier alpha value is -3.69. The summed E-state index contributed by atoms with van der Waals surface area (Å²) in [6.07, 6.45) is 11.9. The van der Waals surface area contributed by atoms with E-state index in [1.165, 1.54) is 13.2 Å². The average molecular weight is 578 g/mol. The Morgan fingerprint density at radius 1 is 1.18 bits per heavy atom. The second kappa shape index (κ2) is 9.45. The first-order valence-corrected chi connectivity index (χ1v) is 13.9. The van der Waals surface area contributed by atoms with Crippen LogP contribution in [0.5, 0.6) is 5.75 Å². The van der Waals surface area contributed by atoms with Gasteiger partial charge in [0.15, 0.2) is 5.69 Å². The third-order valence-corrected chi connectivity index (χ3v) is 8.71. The van der Waals surface area contributed by atoms with Gasteiger partial charge in [0.25, 0.3) is 0 Å². The number of aromatic carboxylic acids is 1. The molecule has 4 aromatic rings. The Kier molecular flexibility index (Phi) is 5.98. The molecule has 11 heteroatoms. The molecule has 5 heterocycles. The van der Waals surface area contributed by atoms with Crippen molar-refractivity contribution in [3.05, 3.63) is 63.7 Å². The van der Waals surface area contributed by atoms with E-state index in [9.17, 15) is 9.90 Å². The molecule has 0 atom stereocenters. The zero-order chi connectivity index (χ0) is 27.6. The van der Waals surface area contributed by atoms with Gasteiger partial charge in [-0.25, -0.2) is 14.8 Å². The Bertz CT molecular complexity index is 1670. The van der Waals surface area contributed by atoms with Crippen LogP contribution in [0.2, 0.25) is 10.0 Å². The van der Waals surface area contributed by atoms with Crippen molar-refractivity contribution in [1.82, 2.24) is 20.1 Å². The summed E-state index contributed by atoms with van der Waals surface area (Å²) in [6, 6.07) is 5.11. The van der Waals surface area contributed by atoms with E-state index in [1.807, 2.05) is 6.07 Å². The number of fused-ring (bicyclic) bond motifs is 1. The number of carboxylic acid groups (broad SMARTS) is 1. The van der Waals surface area contributed by atoms with Crippen molar-refractivity contribution >= 4 is 52.1 Å². The first-order chi connectivity index (χ1) is 19.3. The summed E-state index contributed by atoms with van der Waals surface area (Å²) >= 11 is 12.9. The van der Waals surface area contributed by atoms with Crippen molar-refractivity contribution in [3.63, 3.8) is 0 Å². The molecular formula is C29H25Cl2N5O4. The minimum atomic E-state index is -1.10. The number of halogens is 2. The molecular weight excluding hydrogens is 553 g/mol. The van der Waals surface area contributed by atoms with Crippen LogP contribution in [0.3, 0.4) is 0 Å². The largest absolute Gasteiger partial charge is 0.494 e. The molecule has 0 amide bonds. The van der Waals surface area contributed by atoms with Crippen LogP contribution < -0.4 is 9.64 Å². The number of anilines is 1. The number of aromatic nitrogens is 4. The van der Waals surface area contributed by atoms with Crippen molar-refractivity contribution in [2.75, 3.05) is 25.1 Å². The second-order valence-corrected chi connectivity index (χ2v) is 11.8. The van der Waals surface area contributed by atoms with Gasteiger partial charge in [-0.15, -0.1) is 0 Å². The zero-order valence-electron chi connectivity index (χ0n) is 21.6. The van der Waals surface area contributed by atoms with Crippen molar-refractivity contribution in [3.8, 4) is 17.0 Å². The van der Waals surface area contributed by atoms with Gasteiger partial charge in [-0.3, -0.25) is 4.98 Å². The molecule has 3 fully saturated rings. The molecule has 2 saturated carbocycles. The van der Waals surface area contributed by atoms with Gasteiger partial charge in [0.05, 0.1) is 22.7 Å². The number of hydrogen-bond acceptors (Lipinski definition) is 8. The van der Waals surface area contributed by atoms with Crippen LogP contribution in [0.1, 0.15) is 53.4 Å². The third-order valence-electron chi connectivity index (χ3n) is 8.14. The zero-order valence-corrected chi connectivity index (χ0v) is 23.1. The van der Waals surface area contributed by atoms with Gasteiger partial charge in [0.1, 0.15) is 28.5 Å². The van der Waals surface area contributed by atoms with Crippen molar-refractivity contribution in [2.24, 2.45) is 11.3 Å². The molecule has 4 aromatic heterocycles. The molecule has 1 spiro atoms. The maximum Gasteiger partial charge on any atom is 0.354 e. The molecule has 0 aromatic carbocycles. The Balaban J connectivity index is 1.05. The topological polar surface area (TPSA) is 114 Å². The summed E-state index contributed by atoms with van der Waals surface area (Å²) in [7, 11) is 1.51. The summed E-state index contributed by atoms with van der Waals surface area (Å²) in [5.74, 6) is 1.91. The predicted octanol–water partition coefficient (Wildman–Crippen LogP) is 6.50. The van der Waals surface area contributed by atoms with Gasteiger partial charge in [-0.2, -0.15) is 0 Å². The van der Waals surface area contributed by atoms with E-state index in [0.29, 0.717) is 49.9 Å². The van der Waals surface area contributed by atoms with E-state index in [2.05, 4.69) is 32.2 Å². The summed E-state index contributed by atoms with van der Waals surface area (Å²) in [5.41, 5.74) is 3.55. The highest BCUT2D eigenvalue weighted by molar-refractivity contribution is 6.39.